The largest absolute Gasteiger partial charge is 0.421 e. The van der Waals surface area contributed by atoms with Gasteiger partial charge in [-0.15, -0.1) is 0 Å². The summed E-state index contributed by atoms with van der Waals surface area (Å²) in [5.41, 5.74) is 2.13. The normalized spacial score (nSPS) is 10.4. The molecular weight excluding hydrogens is 404 g/mol. The van der Waals surface area contributed by atoms with Crippen molar-refractivity contribution in [2.45, 2.75) is 13.3 Å². The van der Waals surface area contributed by atoms with Gasteiger partial charge in [-0.25, -0.2) is 9.97 Å². The number of halogens is 1. The lowest BCUT2D eigenvalue weighted by atomic mass is 10.1. The number of aromatic nitrogens is 2. The van der Waals surface area contributed by atoms with E-state index in [1.165, 1.54) is 13.1 Å². The quantitative estimate of drug-likeness (QED) is 0.603. The highest BCUT2D eigenvalue weighted by Crippen LogP contribution is 2.24. The fraction of sp³-hybridized carbons (Fsp3) is 0.182. The molecule has 8 heteroatoms. The number of amides is 1. The molecule has 3 rings (SSSR count). The number of nitrogens with one attached hydrogen (secondary N) is 1. The molecule has 7 nitrogen and oxygen atoms in total. The lowest BCUT2D eigenvalue weighted by molar-refractivity contribution is -0.131. The Bertz CT molecular complexity index is 1070. The highest BCUT2D eigenvalue weighted by Gasteiger charge is 2.13. The second-order valence-electron chi connectivity index (χ2n) is 6.80. The summed E-state index contributed by atoms with van der Waals surface area (Å²) in [6, 6.07) is 14.2. The van der Waals surface area contributed by atoms with Crippen molar-refractivity contribution in [2.75, 3.05) is 24.3 Å². The first-order valence-corrected chi connectivity index (χ1v) is 9.57. The van der Waals surface area contributed by atoms with Crippen molar-refractivity contribution in [3.8, 4) is 5.75 Å². The van der Waals surface area contributed by atoms with Gasteiger partial charge >= 0.3 is 5.97 Å². The number of carbonyl (C=O) groups excluding carboxylic acids is 2. The molecular formula is C22H21ClN4O3. The average molecular weight is 425 g/mol. The molecule has 0 saturated heterocycles. The third-order valence-corrected chi connectivity index (χ3v) is 4.36. The van der Waals surface area contributed by atoms with E-state index in [0.29, 0.717) is 40.1 Å². The number of hydrogen-bond donors (Lipinski definition) is 1. The van der Waals surface area contributed by atoms with Gasteiger partial charge in [-0.05, 0) is 35.9 Å². The van der Waals surface area contributed by atoms with Crippen molar-refractivity contribution in [3.63, 3.8) is 0 Å². The molecule has 0 spiro atoms. The van der Waals surface area contributed by atoms with Crippen LogP contribution in [0.25, 0.3) is 0 Å². The maximum atomic E-state index is 12.3. The molecule has 0 aliphatic rings. The van der Waals surface area contributed by atoms with Crippen LogP contribution < -0.4 is 15.0 Å². The molecule has 2 aromatic carbocycles. The molecule has 0 bridgehead atoms. The molecule has 1 aromatic heterocycles. The third-order valence-electron chi connectivity index (χ3n) is 4.12. The van der Waals surface area contributed by atoms with Gasteiger partial charge in [-0.3, -0.25) is 9.59 Å². The van der Waals surface area contributed by atoms with Crippen molar-refractivity contribution < 1.29 is 14.3 Å². The van der Waals surface area contributed by atoms with Gasteiger partial charge in [0.2, 0.25) is 0 Å². The van der Waals surface area contributed by atoms with E-state index in [9.17, 15) is 9.59 Å². The van der Waals surface area contributed by atoms with Gasteiger partial charge in [-0.2, -0.15) is 0 Å². The first kappa shape index (κ1) is 21.3. The summed E-state index contributed by atoms with van der Waals surface area (Å²) in [4.78, 5) is 34.1. The molecule has 1 amide bonds. The minimum absolute atomic E-state index is 0.231. The van der Waals surface area contributed by atoms with Crippen LogP contribution in [0.3, 0.4) is 0 Å². The summed E-state index contributed by atoms with van der Waals surface area (Å²) >= 11 is 5.94. The highest BCUT2D eigenvalue weighted by atomic mass is 35.5. The molecule has 1 N–H and O–H groups in total. The fourth-order valence-electron chi connectivity index (χ4n) is 2.75. The molecule has 0 atom stereocenters. The summed E-state index contributed by atoms with van der Waals surface area (Å²) in [6.07, 6.45) is 1.99. The first-order chi connectivity index (χ1) is 14.3. The first-order valence-electron chi connectivity index (χ1n) is 9.19. The van der Waals surface area contributed by atoms with E-state index in [0.717, 1.165) is 5.56 Å². The van der Waals surface area contributed by atoms with Crippen LogP contribution in [-0.2, 0) is 11.2 Å². The molecule has 0 unspecified atom stereocenters. The fourth-order valence-corrected chi connectivity index (χ4v) is 2.94. The van der Waals surface area contributed by atoms with Crippen molar-refractivity contribution in [3.05, 3.63) is 76.7 Å². The number of esters is 1. The average Bonchev–Trinajstić information content (AvgIpc) is 2.70. The van der Waals surface area contributed by atoms with Gasteiger partial charge < -0.3 is 15.0 Å². The Morgan fingerprint density at radius 2 is 1.87 bits per heavy atom. The van der Waals surface area contributed by atoms with Crippen LogP contribution in [0.4, 0.5) is 11.5 Å². The molecule has 0 radical (unpaired) electrons. The Balaban J connectivity index is 1.70. The van der Waals surface area contributed by atoms with Crippen molar-refractivity contribution >= 4 is 35.0 Å². The maximum absolute atomic E-state index is 12.3. The van der Waals surface area contributed by atoms with Gasteiger partial charge in [0, 0.05) is 43.7 Å². The van der Waals surface area contributed by atoms with Crippen molar-refractivity contribution in [1.29, 1.82) is 0 Å². The maximum Gasteiger partial charge on any atom is 0.308 e. The van der Waals surface area contributed by atoms with Crippen LogP contribution in [0.2, 0.25) is 5.02 Å². The molecule has 0 fully saturated rings. The lowest BCUT2D eigenvalue weighted by Crippen LogP contribution is -2.16. The summed E-state index contributed by atoms with van der Waals surface area (Å²) in [7, 11) is 3.63. The molecule has 154 valence electrons. The summed E-state index contributed by atoms with van der Waals surface area (Å²) in [5, 5.41) is 3.35. The molecule has 30 heavy (non-hydrogen) atoms. The molecule has 3 aromatic rings. The Hall–Kier alpha value is -3.45. The van der Waals surface area contributed by atoms with Gasteiger partial charge in [0.05, 0.1) is 6.20 Å². The number of benzene rings is 2. The lowest BCUT2D eigenvalue weighted by Gasteiger charge is -2.16. The summed E-state index contributed by atoms with van der Waals surface area (Å²) < 4.78 is 5.15. The van der Waals surface area contributed by atoms with Gasteiger partial charge in [0.15, 0.2) is 11.6 Å². The number of carbonyl (C=O) groups is 2. The van der Waals surface area contributed by atoms with E-state index in [2.05, 4.69) is 15.3 Å². The number of ether oxygens (including phenoxy) is 1. The number of anilines is 2. The smallest absolute Gasteiger partial charge is 0.308 e. The van der Waals surface area contributed by atoms with Crippen molar-refractivity contribution in [2.24, 2.45) is 0 Å². The van der Waals surface area contributed by atoms with Gasteiger partial charge in [-0.1, -0.05) is 29.8 Å². The van der Waals surface area contributed by atoms with Crippen LogP contribution in [0.15, 0.2) is 54.7 Å². The molecule has 0 saturated carbocycles. The SMILES string of the molecule is CC(=O)Oc1cnc(Cc2ccc(NC(=O)c3cccc(Cl)c3)cc2)nc1N(C)C. The molecule has 0 aliphatic heterocycles. The van der Waals surface area contributed by atoms with E-state index in [1.807, 2.05) is 38.4 Å². The minimum atomic E-state index is -0.426. The topological polar surface area (TPSA) is 84.4 Å². The van der Waals surface area contributed by atoms with Crippen LogP contribution in [0.5, 0.6) is 5.75 Å². The van der Waals surface area contributed by atoms with E-state index in [1.54, 1.807) is 29.2 Å². The van der Waals surface area contributed by atoms with E-state index in [4.69, 9.17) is 16.3 Å². The van der Waals surface area contributed by atoms with E-state index < -0.39 is 5.97 Å². The van der Waals surface area contributed by atoms with Crippen LogP contribution in [0, 0.1) is 0 Å². The Morgan fingerprint density at radius 3 is 2.50 bits per heavy atom. The zero-order valence-electron chi connectivity index (χ0n) is 16.8. The molecule has 0 aliphatic carbocycles. The van der Waals surface area contributed by atoms with Gasteiger partial charge in [0.1, 0.15) is 5.82 Å². The second kappa shape index (κ2) is 9.37. The predicted octanol–water partition coefficient (Wildman–Crippen LogP) is 3.96. The van der Waals surface area contributed by atoms with Gasteiger partial charge in [0.25, 0.3) is 5.91 Å². The zero-order valence-corrected chi connectivity index (χ0v) is 17.6. The second-order valence-corrected chi connectivity index (χ2v) is 7.24. The summed E-state index contributed by atoms with van der Waals surface area (Å²) in [5.74, 6) is 0.774. The molecule has 1 heterocycles. The zero-order chi connectivity index (χ0) is 21.7. The number of hydrogen-bond acceptors (Lipinski definition) is 6. The number of nitrogens with zero attached hydrogens (tertiary/aromatic N) is 3. The number of rotatable bonds is 6. The van der Waals surface area contributed by atoms with E-state index in [-0.39, 0.29) is 5.91 Å². The van der Waals surface area contributed by atoms with E-state index >= 15 is 0 Å². The van der Waals surface area contributed by atoms with Crippen molar-refractivity contribution in [1.82, 2.24) is 9.97 Å². The standard InChI is InChI=1S/C22H21ClN4O3/c1-14(28)30-19-13-24-20(26-21(19)27(2)3)11-15-7-9-18(10-8-15)25-22(29)16-5-4-6-17(23)12-16/h4-10,12-13H,11H2,1-3H3,(H,25,29). The highest BCUT2D eigenvalue weighted by molar-refractivity contribution is 6.31. The van der Waals surface area contributed by atoms with Crippen LogP contribution in [0.1, 0.15) is 28.7 Å². The van der Waals surface area contributed by atoms with Crippen LogP contribution >= 0.6 is 11.6 Å². The Kier molecular flexibility index (Phi) is 6.64. The Morgan fingerprint density at radius 1 is 1.13 bits per heavy atom. The third kappa shape index (κ3) is 5.55. The Labute approximate surface area is 179 Å². The summed E-state index contributed by atoms with van der Waals surface area (Å²) in [6.45, 7) is 1.33. The predicted molar refractivity (Wildman–Crippen MR) is 116 cm³/mol. The van der Waals surface area contributed by atoms with Crippen LogP contribution in [-0.4, -0.2) is 35.9 Å². The minimum Gasteiger partial charge on any atom is -0.421 e. The monoisotopic (exact) mass is 424 g/mol.